The molecule has 3 aromatic rings. The first-order chi connectivity index (χ1) is 13.3. The van der Waals surface area contributed by atoms with Crippen LogP contribution < -0.4 is 10.6 Å². The van der Waals surface area contributed by atoms with E-state index in [2.05, 4.69) is 31.4 Å². The Balaban J connectivity index is 1.93. The van der Waals surface area contributed by atoms with Gasteiger partial charge in [0.15, 0.2) is 0 Å². The highest BCUT2D eigenvalue weighted by molar-refractivity contribution is 6.09. The highest BCUT2D eigenvalue weighted by atomic mass is 16.2. The van der Waals surface area contributed by atoms with Gasteiger partial charge in [-0.2, -0.15) is 0 Å². The predicted molar refractivity (Wildman–Crippen MR) is 114 cm³/mol. The van der Waals surface area contributed by atoms with E-state index in [0.29, 0.717) is 22.5 Å². The molecule has 2 amide bonds. The second-order valence-electron chi connectivity index (χ2n) is 7.69. The zero-order valence-electron chi connectivity index (χ0n) is 16.3. The number of benzene rings is 3. The highest BCUT2D eigenvalue weighted by Gasteiger charge is 2.20. The van der Waals surface area contributed by atoms with Gasteiger partial charge in [0, 0.05) is 22.5 Å². The number of rotatable bonds is 4. The summed E-state index contributed by atoms with van der Waals surface area (Å²) in [6.45, 7) is 6.17. The maximum absolute atomic E-state index is 12.8. The Morgan fingerprint density at radius 1 is 0.643 bits per heavy atom. The van der Waals surface area contributed by atoms with Crippen molar-refractivity contribution in [2.24, 2.45) is 0 Å². The second kappa shape index (κ2) is 8.09. The van der Waals surface area contributed by atoms with Crippen LogP contribution in [0.3, 0.4) is 0 Å². The maximum Gasteiger partial charge on any atom is 0.255 e. The quantitative estimate of drug-likeness (QED) is 0.636. The van der Waals surface area contributed by atoms with Crippen LogP contribution in [-0.2, 0) is 5.41 Å². The van der Waals surface area contributed by atoms with E-state index >= 15 is 0 Å². The van der Waals surface area contributed by atoms with Gasteiger partial charge < -0.3 is 10.6 Å². The summed E-state index contributed by atoms with van der Waals surface area (Å²) in [6.07, 6.45) is 0. The second-order valence-corrected chi connectivity index (χ2v) is 7.69. The number of hydrogen-bond donors (Lipinski definition) is 2. The Bertz CT molecular complexity index is 903. The van der Waals surface area contributed by atoms with Gasteiger partial charge in [-0.3, -0.25) is 9.59 Å². The maximum atomic E-state index is 12.8. The molecule has 0 saturated heterocycles. The molecule has 0 bridgehead atoms. The fourth-order valence-electron chi connectivity index (χ4n) is 2.77. The van der Waals surface area contributed by atoms with Crippen molar-refractivity contribution in [1.82, 2.24) is 0 Å². The molecule has 3 rings (SSSR count). The van der Waals surface area contributed by atoms with Gasteiger partial charge in [0.1, 0.15) is 0 Å². The van der Waals surface area contributed by atoms with Gasteiger partial charge >= 0.3 is 0 Å². The van der Waals surface area contributed by atoms with Crippen LogP contribution in [0.5, 0.6) is 0 Å². The lowest BCUT2D eigenvalue weighted by molar-refractivity contribution is 0.102. The zero-order chi connectivity index (χ0) is 20.1. The molecule has 3 aromatic carbocycles. The first kappa shape index (κ1) is 19.4. The molecule has 28 heavy (non-hydrogen) atoms. The number of amides is 2. The number of hydrogen-bond acceptors (Lipinski definition) is 2. The normalized spacial score (nSPS) is 11.0. The lowest BCUT2D eigenvalue weighted by atomic mass is 9.85. The van der Waals surface area contributed by atoms with Gasteiger partial charge in [0.05, 0.1) is 0 Å². The number of anilines is 2. The minimum Gasteiger partial charge on any atom is -0.322 e. The third kappa shape index (κ3) is 4.86. The van der Waals surface area contributed by atoms with Crippen LogP contribution in [0.25, 0.3) is 0 Å². The average molecular weight is 372 g/mol. The van der Waals surface area contributed by atoms with Crippen LogP contribution in [0, 0.1) is 0 Å². The lowest BCUT2D eigenvalue weighted by Crippen LogP contribution is -2.19. The summed E-state index contributed by atoms with van der Waals surface area (Å²) in [6, 6.07) is 23.9. The van der Waals surface area contributed by atoms with Gasteiger partial charge in [-0.05, 0) is 53.4 Å². The molecule has 0 aliphatic rings. The van der Waals surface area contributed by atoms with E-state index in [1.807, 2.05) is 72.8 Å². The summed E-state index contributed by atoms with van der Waals surface area (Å²) in [5.41, 5.74) is 3.05. The van der Waals surface area contributed by atoms with Crippen molar-refractivity contribution in [1.29, 1.82) is 0 Å². The van der Waals surface area contributed by atoms with Crippen LogP contribution in [0.4, 0.5) is 11.4 Å². The van der Waals surface area contributed by atoms with Crippen molar-refractivity contribution in [3.63, 3.8) is 0 Å². The van der Waals surface area contributed by atoms with Crippen LogP contribution in [0.1, 0.15) is 47.1 Å². The molecule has 0 spiro atoms. The fourth-order valence-corrected chi connectivity index (χ4v) is 2.77. The number of carbonyl (C=O) groups excluding carboxylic acids is 2. The molecule has 0 fully saturated rings. The zero-order valence-corrected chi connectivity index (χ0v) is 16.3. The minimum absolute atomic E-state index is 0.204. The van der Waals surface area contributed by atoms with E-state index in [9.17, 15) is 9.59 Å². The first-order valence-corrected chi connectivity index (χ1v) is 9.21. The Kier molecular flexibility index (Phi) is 5.59. The number of para-hydroxylation sites is 2. The average Bonchev–Trinajstić information content (AvgIpc) is 2.68. The summed E-state index contributed by atoms with van der Waals surface area (Å²) >= 11 is 0. The number of carbonyl (C=O) groups is 2. The Morgan fingerprint density at radius 3 is 1.39 bits per heavy atom. The van der Waals surface area contributed by atoms with Crippen molar-refractivity contribution < 1.29 is 9.59 Å². The largest absolute Gasteiger partial charge is 0.322 e. The molecule has 4 heteroatoms. The Labute approximate surface area is 165 Å². The van der Waals surface area contributed by atoms with Crippen molar-refractivity contribution in [3.05, 3.63) is 95.6 Å². The molecule has 0 aromatic heterocycles. The summed E-state index contributed by atoms with van der Waals surface area (Å²) < 4.78 is 0. The van der Waals surface area contributed by atoms with E-state index in [4.69, 9.17) is 0 Å². The molecule has 4 nitrogen and oxygen atoms in total. The Morgan fingerprint density at radius 2 is 1.04 bits per heavy atom. The predicted octanol–water partition coefficient (Wildman–Crippen LogP) is 5.49. The molecule has 0 aliphatic carbocycles. The molecule has 0 aliphatic heterocycles. The smallest absolute Gasteiger partial charge is 0.255 e. The van der Waals surface area contributed by atoms with Crippen molar-refractivity contribution in [2.75, 3.05) is 10.6 Å². The van der Waals surface area contributed by atoms with Crippen LogP contribution >= 0.6 is 0 Å². The van der Waals surface area contributed by atoms with Crippen molar-refractivity contribution in [3.8, 4) is 0 Å². The fraction of sp³-hybridized carbons (Fsp3) is 0.167. The van der Waals surface area contributed by atoms with E-state index in [1.54, 1.807) is 6.07 Å². The first-order valence-electron chi connectivity index (χ1n) is 9.21. The monoisotopic (exact) mass is 372 g/mol. The molecule has 0 radical (unpaired) electrons. The SMILES string of the molecule is CC(C)(C)c1cc(C(=O)Nc2ccccc2)cc(C(=O)Nc2ccccc2)c1. The molecule has 0 atom stereocenters. The molecular weight excluding hydrogens is 348 g/mol. The molecule has 2 N–H and O–H groups in total. The summed E-state index contributed by atoms with van der Waals surface area (Å²) in [5.74, 6) is -0.489. The van der Waals surface area contributed by atoms with Crippen LogP contribution in [0.15, 0.2) is 78.9 Å². The minimum atomic E-state index is -0.244. The van der Waals surface area contributed by atoms with E-state index in [-0.39, 0.29) is 17.2 Å². The molecular formula is C24H24N2O2. The summed E-state index contributed by atoms with van der Waals surface area (Å²) in [4.78, 5) is 25.6. The third-order valence-electron chi connectivity index (χ3n) is 4.39. The van der Waals surface area contributed by atoms with Crippen molar-refractivity contribution >= 4 is 23.2 Å². The van der Waals surface area contributed by atoms with E-state index in [0.717, 1.165) is 5.56 Å². The topological polar surface area (TPSA) is 58.2 Å². The van der Waals surface area contributed by atoms with E-state index in [1.165, 1.54) is 0 Å². The lowest BCUT2D eigenvalue weighted by Gasteiger charge is -2.21. The van der Waals surface area contributed by atoms with Gasteiger partial charge in [-0.1, -0.05) is 57.2 Å². The van der Waals surface area contributed by atoms with Gasteiger partial charge in [-0.15, -0.1) is 0 Å². The Hall–Kier alpha value is -3.40. The summed E-state index contributed by atoms with van der Waals surface area (Å²) in [5, 5.41) is 5.76. The van der Waals surface area contributed by atoms with Gasteiger partial charge in [0.2, 0.25) is 0 Å². The van der Waals surface area contributed by atoms with Crippen molar-refractivity contribution in [2.45, 2.75) is 26.2 Å². The highest BCUT2D eigenvalue weighted by Crippen LogP contribution is 2.25. The third-order valence-corrected chi connectivity index (χ3v) is 4.39. The van der Waals surface area contributed by atoms with Crippen LogP contribution in [-0.4, -0.2) is 11.8 Å². The molecule has 142 valence electrons. The van der Waals surface area contributed by atoms with Gasteiger partial charge in [-0.25, -0.2) is 0 Å². The standard InChI is InChI=1S/C24H24N2O2/c1-24(2,3)19-15-17(22(27)25-20-10-6-4-7-11-20)14-18(16-19)23(28)26-21-12-8-5-9-13-21/h4-16H,1-3H3,(H,25,27)(H,26,28). The molecule has 0 unspecified atom stereocenters. The molecule has 0 heterocycles. The van der Waals surface area contributed by atoms with Crippen LogP contribution in [0.2, 0.25) is 0 Å². The van der Waals surface area contributed by atoms with E-state index < -0.39 is 0 Å². The summed E-state index contributed by atoms with van der Waals surface area (Å²) in [7, 11) is 0. The van der Waals surface area contributed by atoms with Gasteiger partial charge in [0.25, 0.3) is 11.8 Å². The molecule has 0 saturated carbocycles. The number of nitrogens with one attached hydrogen (secondary N) is 2.